The Bertz CT molecular complexity index is 1110. The second-order valence-electron chi connectivity index (χ2n) is 7.88. The highest BCUT2D eigenvalue weighted by molar-refractivity contribution is 6.01. The highest BCUT2D eigenvalue weighted by Crippen LogP contribution is 2.53. The fourth-order valence-electron chi connectivity index (χ4n) is 4.69. The predicted octanol–water partition coefficient (Wildman–Crippen LogP) is 3.76. The number of benzene rings is 1. The number of nitrogens with one attached hydrogen (secondary N) is 2. The molecule has 3 aromatic rings. The number of aromatic nitrogens is 2. The fourth-order valence-corrected chi connectivity index (χ4v) is 4.69. The molecule has 1 amide bonds. The number of fused-ring (bicyclic) bond motifs is 6. The minimum Gasteiger partial charge on any atom is -0.357 e. The Kier molecular flexibility index (Phi) is 2.84. The van der Waals surface area contributed by atoms with Gasteiger partial charge in [0.15, 0.2) is 5.82 Å². The standard InChI is InChI=1S/C22H18FN3O/c23-17-15-13(10-24-18(17)12-4-2-1-3-5-12)6-7-14-16-20(26-19(14)15)22(8-9-22)11-25-21(16)27/h1-5,10,26H,6-9,11H2,(H,25,27). The summed E-state index contributed by atoms with van der Waals surface area (Å²) in [5, 5.41) is 3.04. The maximum absolute atomic E-state index is 15.6. The lowest BCUT2D eigenvalue weighted by atomic mass is 9.85. The molecule has 6 rings (SSSR count). The molecule has 0 bridgehead atoms. The molecule has 0 unspecified atom stereocenters. The Morgan fingerprint density at radius 1 is 1.07 bits per heavy atom. The van der Waals surface area contributed by atoms with Crippen LogP contribution >= 0.6 is 0 Å². The van der Waals surface area contributed by atoms with E-state index in [2.05, 4.69) is 15.3 Å². The SMILES string of the molecule is O=C1NCC2(CC2)c2[nH]c3c(c21)CCc1cnc(-c2ccccc2)c(F)c1-3. The number of H-pyrrole nitrogens is 1. The van der Waals surface area contributed by atoms with E-state index in [1.165, 1.54) is 0 Å². The Labute approximate surface area is 155 Å². The summed E-state index contributed by atoms with van der Waals surface area (Å²) in [5.41, 5.74) is 6.17. The van der Waals surface area contributed by atoms with Crippen molar-refractivity contribution in [2.45, 2.75) is 31.1 Å². The largest absolute Gasteiger partial charge is 0.357 e. The van der Waals surface area contributed by atoms with Crippen LogP contribution in [0.15, 0.2) is 36.5 Å². The Morgan fingerprint density at radius 3 is 2.67 bits per heavy atom. The van der Waals surface area contributed by atoms with Crippen molar-refractivity contribution in [2.24, 2.45) is 0 Å². The lowest BCUT2D eigenvalue weighted by molar-refractivity contribution is 0.0936. The van der Waals surface area contributed by atoms with Gasteiger partial charge in [-0.1, -0.05) is 30.3 Å². The highest BCUT2D eigenvalue weighted by atomic mass is 19.1. The van der Waals surface area contributed by atoms with Gasteiger partial charge in [-0.25, -0.2) is 4.39 Å². The third kappa shape index (κ3) is 1.97. The van der Waals surface area contributed by atoms with Gasteiger partial charge in [-0.2, -0.15) is 0 Å². The van der Waals surface area contributed by atoms with Crippen LogP contribution in [0.3, 0.4) is 0 Å². The molecule has 2 aromatic heterocycles. The number of hydrogen-bond donors (Lipinski definition) is 2. The molecule has 0 atom stereocenters. The molecule has 3 heterocycles. The van der Waals surface area contributed by atoms with E-state index in [4.69, 9.17) is 0 Å². The van der Waals surface area contributed by atoms with Crippen molar-refractivity contribution in [1.82, 2.24) is 15.3 Å². The molecular weight excluding hydrogens is 341 g/mol. The number of carbonyl (C=O) groups excluding carboxylic acids is 1. The molecule has 1 saturated carbocycles. The average Bonchev–Trinajstić information content (AvgIpc) is 3.36. The number of amides is 1. The van der Waals surface area contributed by atoms with E-state index >= 15 is 4.39 Å². The summed E-state index contributed by atoms with van der Waals surface area (Å²) in [6.07, 6.45) is 5.37. The van der Waals surface area contributed by atoms with Crippen LogP contribution in [0.2, 0.25) is 0 Å². The molecular formula is C22H18FN3O. The van der Waals surface area contributed by atoms with Crippen LogP contribution in [-0.2, 0) is 18.3 Å². The van der Waals surface area contributed by atoms with E-state index in [1.54, 1.807) is 6.20 Å². The summed E-state index contributed by atoms with van der Waals surface area (Å²) in [5.74, 6) is -0.329. The topological polar surface area (TPSA) is 57.8 Å². The molecule has 0 saturated heterocycles. The molecule has 1 fully saturated rings. The second kappa shape index (κ2) is 5.06. The third-order valence-electron chi connectivity index (χ3n) is 6.34. The van der Waals surface area contributed by atoms with E-state index in [-0.39, 0.29) is 17.1 Å². The minimum absolute atomic E-state index is 0.0266. The molecule has 4 nitrogen and oxygen atoms in total. The molecule has 3 aliphatic rings. The number of pyridine rings is 1. The molecule has 5 heteroatoms. The summed E-state index contributed by atoms with van der Waals surface area (Å²) in [6, 6.07) is 9.41. The van der Waals surface area contributed by atoms with Gasteiger partial charge in [0.05, 0.1) is 11.3 Å². The van der Waals surface area contributed by atoms with Gasteiger partial charge in [0, 0.05) is 35.0 Å². The first-order valence-corrected chi connectivity index (χ1v) is 9.45. The van der Waals surface area contributed by atoms with Crippen molar-refractivity contribution in [2.75, 3.05) is 6.54 Å². The normalized spacial score (nSPS) is 18.5. The van der Waals surface area contributed by atoms with Gasteiger partial charge in [-0.15, -0.1) is 0 Å². The highest BCUT2D eigenvalue weighted by Gasteiger charge is 2.51. The van der Waals surface area contributed by atoms with Gasteiger partial charge in [-0.3, -0.25) is 9.78 Å². The lowest BCUT2D eigenvalue weighted by Gasteiger charge is -2.23. The van der Waals surface area contributed by atoms with Crippen LogP contribution in [0.1, 0.15) is 40.0 Å². The smallest absolute Gasteiger partial charge is 0.253 e. The van der Waals surface area contributed by atoms with Crippen LogP contribution in [0.25, 0.3) is 22.5 Å². The van der Waals surface area contributed by atoms with Crippen molar-refractivity contribution >= 4 is 5.91 Å². The minimum atomic E-state index is -0.302. The van der Waals surface area contributed by atoms with E-state index in [0.717, 1.165) is 52.9 Å². The number of carbonyl (C=O) groups is 1. The number of halogens is 1. The van der Waals surface area contributed by atoms with Crippen LogP contribution in [0, 0.1) is 5.82 Å². The molecule has 1 spiro atoms. The van der Waals surface area contributed by atoms with Gasteiger partial charge < -0.3 is 10.3 Å². The zero-order valence-electron chi connectivity index (χ0n) is 14.7. The molecule has 27 heavy (non-hydrogen) atoms. The monoisotopic (exact) mass is 359 g/mol. The number of aromatic amines is 1. The maximum Gasteiger partial charge on any atom is 0.253 e. The van der Waals surface area contributed by atoms with Gasteiger partial charge in [-0.05, 0) is 36.8 Å². The molecule has 1 aromatic carbocycles. The summed E-state index contributed by atoms with van der Waals surface area (Å²) >= 11 is 0. The molecule has 134 valence electrons. The number of rotatable bonds is 1. The molecule has 2 N–H and O–H groups in total. The Morgan fingerprint density at radius 2 is 1.89 bits per heavy atom. The van der Waals surface area contributed by atoms with Crippen LogP contribution < -0.4 is 5.32 Å². The van der Waals surface area contributed by atoms with E-state index < -0.39 is 0 Å². The van der Waals surface area contributed by atoms with Crippen LogP contribution in [-0.4, -0.2) is 22.4 Å². The zero-order chi connectivity index (χ0) is 18.2. The maximum atomic E-state index is 15.6. The quantitative estimate of drug-likeness (QED) is 0.695. The molecule has 1 aliphatic heterocycles. The number of hydrogen-bond acceptors (Lipinski definition) is 2. The summed E-state index contributed by atoms with van der Waals surface area (Å²) in [6.45, 7) is 0.680. The van der Waals surface area contributed by atoms with Gasteiger partial charge >= 0.3 is 0 Å². The van der Waals surface area contributed by atoms with E-state index in [1.807, 2.05) is 30.3 Å². The molecule has 0 radical (unpaired) electrons. The molecule has 2 aliphatic carbocycles. The number of nitrogens with zero attached hydrogens (tertiary/aromatic N) is 1. The van der Waals surface area contributed by atoms with Crippen molar-refractivity contribution in [3.8, 4) is 22.5 Å². The van der Waals surface area contributed by atoms with Gasteiger partial charge in [0.2, 0.25) is 0 Å². The predicted molar refractivity (Wildman–Crippen MR) is 100 cm³/mol. The van der Waals surface area contributed by atoms with Gasteiger partial charge in [0.1, 0.15) is 5.69 Å². The summed E-state index contributed by atoms with van der Waals surface area (Å²) in [4.78, 5) is 20.5. The van der Waals surface area contributed by atoms with Gasteiger partial charge in [0.25, 0.3) is 5.91 Å². The third-order valence-corrected chi connectivity index (χ3v) is 6.34. The van der Waals surface area contributed by atoms with Crippen molar-refractivity contribution in [3.63, 3.8) is 0 Å². The summed E-state index contributed by atoms with van der Waals surface area (Å²) in [7, 11) is 0. The van der Waals surface area contributed by atoms with Crippen molar-refractivity contribution in [1.29, 1.82) is 0 Å². The van der Waals surface area contributed by atoms with Crippen LogP contribution in [0.5, 0.6) is 0 Å². The second-order valence-corrected chi connectivity index (χ2v) is 7.88. The first kappa shape index (κ1) is 15.1. The Balaban J connectivity index is 1.60. The van der Waals surface area contributed by atoms with Crippen LogP contribution in [0.4, 0.5) is 4.39 Å². The fraction of sp³-hybridized carbons (Fsp3) is 0.273. The number of aryl methyl sites for hydroxylation is 1. The Hall–Kier alpha value is -2.95. The summed E-state index contributed by atoms with van der Waals surface area (Å²) < 4.78 is 15.6. The first-order chi connectivity index (χ1) is 13.2. The first-order valence-electron chi connectivity index (χ1n) is 9.45. The average molecular weight is 359 g/mol. The lowest BCUT2D eigenvalue weighted by Crippen LogP contribution is -2.39. The van der Waals surface area contributed by atoms with E-state index in [0.29, 0.717) is 24.2 Å². The zero-order valence-corrected chi connectivity index (χ0v) is 14.7. The van der Waals surface area contributed by atoms with Crippen molar-refractivity contribution < 1.29 is 9.18 Å². The van der Waals surface area contributed by atoms with Crippen molar-refractivity contribution in [3.05, 3.63) is 64.7 Å². The van der Waals surface area contributed by atoms with E-state index in [9.17, 15) is 4.79 Å².